The van der Waals surface area contributed by atoms with E-state index in [0.29, 0.717) is 24.6 Å². The topological polar surface area (TPSA) is 72.4 Å². The third kappa shape index (κ3) is 3.74. The van der Waals surface area contributed by atoms with Crippen LogP contribution in [-0.2, 0) is 17.8 Å². The summed E-state index contributed by atoms with van der Waals surface area (Å²) in [5.74, 6) is 2.63. The second-order valence-electron chi connectivity index (χ2n) is 7.19. The Labute approximate surface area is 138 Å². The van der Waals surface area contributed by atoms with Gasteiger partial charge in [-0.2, -0.15) is 0 Å². The second-order valence-corrected chi connectivity index (χ2v) is 7.19. The van der Waals surface area contributed by atoms with Crippen LogP contribution in [0.25, 0.3) is 0 Å². The Bertz CT molecular complexity index is 511. The first kappa shape index (κ1) is 16.8. The van der Waals surface area contributed by atoms with Gasteiger partial charge in [-0.3, -0.25) is 4.90 Å². The van der Waals surface area contributed by atoms with Crippen molar-refractivity contribution in [1.29, 1.82) is 0 Å². The number of likely N-dealkylation sites (N-methyl/N-ethyl adjacent to an activating group) is 1. The van der Waals surface area contributed by atoms with E-state index in [0.717, 1.165) is 50.7 Å². The summed E-state index contributed by atoms with van der Waals surface area (Å²) < 4.78 is 7.54. The molecule has 0 aromatic carbocycles. The average molecular weight is 322 g/mol. The van der Waals surface area contributed by atoms with E-state index < -0.39 is 0 Å². The van der Waals surface area contributed by atoms with Crippen LogP contribution in [-0.4, -0.2) is 77.5 Å². The van der Waals surface area contributed by atoms with E-state index in [4.69, 9.17) is 10.5 Å². The normalized spacial score (nSPS) is 28.5. The summed E-state index contributed by atoms with van der Waals surface area (Å²) in [5.41, 5.74) is 5.94. The summed E-state index contributed by atoms with van der Waals surface area (Å²) in [6.45, 7) is 4.62. The van der Waals surface area contributed by atoms with E-state index in [-0.39, 0.29) is 0 Å². The fourth-order valence-electron chi connectivity index (χ4n) is 3.64. The Morgan fingerprint density at radius 2 is 2.09 bits per heavy atom. The zero-order valence-corrected chi connectivity index (χ0v) is 14.6. The molecule has 7 heteroatoms. The van der Waals surface area contributed by atoms with Gasteiger partial charge in [0.25, 0.3) is 0 Å². The molecule has 2 fully saturated rings. The highest BCUT2D eigenvalue weighted by molar-refractivity contribution is 5.09. The molecule has 1 aliphatic carbocycles. The van der Waals surface area contributed by atoms with E-state index in [9.17, 15) is 0 Å². The summed E-state index contributed by atoms with van der Waals surface area (Å²) in [7, 11) is 6.06. The first-order valence-electron chi connectivity index (χ1n) is 8.63. The van der Waals surface area contributed by atoms with E-state index in [2.05, 4.69) is 38.7 Å². The van der Waals surface area contributed by atoms with Crippen LogP contribution in [0.5, 0.6) is 0 Å². The van der Waals surface area contributed by atoms with Gasteiger partial charge < -0.3 is 19.9 Å². The first-order chi connectivity index (χ1) is 11.1. The number of nitrogens with two attached hydrogens (primary N) is 1. The molecule has 0 radical (unpaired) electrons. The summed E-state index contributed by atoms with van der Waals surface area (Å²) >= 11 is 0. The van der Waals surface area contributed by atoms with Crippen LogP contribution in [0.4, 0.5) is 0 Å². The zero-order valence-electron chi connectivity index (χ0n) is 14.6. The minimum absolute atomic E-state index is 0.329. The van der Waals surface area contributed by atoms with Crippen molar-refractivity contribution in [3.63, 3.8) is 0 Å². The van der Waals surface area contributed by atoms with Crippen LogP contribution in [0.2, 0.25) is 0 Å². The number of rotatable bonds is 7. The summed E-state index contributed by atoms with van der Waals surface area (Å²) in [6, 6.07) is 0.977. The molecular formula is C16H30N6O. The fourth-order valence-corrected chi connectivity index (χ4v) is 3.64. The van der Waals surface area contributed by atoms with Gasteiger partial charge in [-0.15, -0.1) is 10.2 Å². The standard InChI is InChI=1S/C16H30N6O/c1-20(2)14-4-5-21(10-14)11-15-18-19-16(12-8-13(17)9-12)22(15)6-7-23-3/h12-14H,4-11,17H2,1-3H3/t12?,13?,14-/m0/s1. The lowest BCUT2D eigenvalue weighted by atomic mass is 9.80. The molecule has 0 amide bonds. The predicted octanol–water partition coefficient (Wildman–Crippen LogP) is 0.265. The molecule has 7 nitrogen and oxygen atoms in total. The lowest BCUT2D eigenvalue weighted by Gasteiger charge is -2.32. The maximum absolute atomic E-state index is 5.94. The molecule has 1 saturated carbocycles. The van der Waals surface area contributed by atoms with E-state index in [1.54, 1.807) is 7.11 Å². The molecule has 1 aromatic heterocycles. The Balaban J connectivity index is 1.68. The maximum atomic E-state index is 5.94. The SMILES string of the molecule is COCCn1c(CN2CC[C@H](N(C)C)C2)nnc1C1CC(N)C1. The predicted molar refractivity (Wildman–Crippen MR) is 89.2 cm³/mol. The Morgan fingerprint density at radius 3 is 2.70 bits per heavy atom. The molecule has 2 heterocycles. The molecule has 2 N–H and O–H groups in total. The quantitative estimate of drug-likeness (QED) is 0.777. The summed E-state index contributed by atoms with van der Waals surface area (Å²) in [6.07, 6.45) is 3.28. The van der Waals surface area contributed by atoms with Gasteiger partial charge in [0.2, 0.25) is 0 Å². The third-order valence-electron chi connectivity index (χ3n) is 5.26. The fraction of sp³-hybridized carbons (Fsp3) is 0.875. The Hall–Kier alpha value is -1.02. The number of nitrogens with zero attached hydrogens (tertiary/aromatic N) is 5. The molecule has 0 unspecified atom stereocenters. The molecule has 3 rings (SSSR count). The van der Waals surface area contributed by atoms with Crippen molar-refractivity contribution in [2.24, 2.45) is 5.73 Å². The highest BCUT2D eigenvalue weighted by atomic mass is 16.5. The largest absolute Gasteiger partial charge is 0.383 e. The number of hydrogen-bond donors (Lipinski definition) is 1. The van der Waals surface area contributed by atoms with Gasteiger partial charge in [0.15, 0.2) is 0 Å². The lowest BCUT2D eigenvalue weighted by Crippen LogP contribution is -2.36. The van der Waals surface area contributed by atoms with Gasteiger partial charge in [0.05, 0.1) is 13.2 Å². The number of methoxy groups -OCH3 is 1. The highest BCUT2D eigenvalue weighted by Gasteiger charge is 2.33. The first-order valence-corrected chi connectivity index (χ1v) is 8.63. The third-order valence-corrected chi connectivity index (χ3v) is 5.26. The molecule has 0 spiro atoms. The van der Waals surface area contributed by atoms with Crippen molar-refractivity contribution < 1.29 is 4.74 Å². The van der Waals surface area contributed by atoms with Crippen LogP contribution in [0, 0.1) is 0 Å². The smallest absolute Gasteiger partial charge is 0.147 e. The minimum Gasteiger partial charge on any atom is -0.383 e. The van der Waals surface area contributed by atoms with Crippen molar-refractivity contribution >= 4 is 0 Å². The molecule has 1 aromatic rings. The monoisotopic (exact) mass is 322 g/mol. The molecule has 1 atom stereocenters. The van der Waals surface area contributed by atoms with Gasteiger partial charge in [0.1, 0.15) is 11.6 Å². The average Bonchev–Trinajstić information content (AvgIpc) is 3.10. The van der Waals surface area contributed by atoms with Gasteiger partial charge in [-0.1, -0.05) is 0 Å². The van der Waals surface area contributed by atoms with Crippen LogP contribution < -0.4 is 5.73 Å². The van der Waals surface area contributed by atoms with Crippen molar-refractivity contribution in [3.8, 4) is 0 Å². The van der Waals surface area contributed by atoms with Gasteiger partial charge in [-0.05, 0) is 33.4 Å². The van der Waals surface area contributed by atoms with Crippen molar-refractivity contribution in [3.05, 3.63) is 11.6 Å². The molecule has 2 aliphatic rings. The zero-order chi connectivity index (χ0) is 16.4. The molecule has 1 aliphatic heterocycles. The highest BCUT2D eigenvalue weighted by Crippen LogP contribution is 2.35. The number of aromatic nitrogens is 3. The van der Waals surface area contributed by atoms with Gasteiger partial charge in [0, 0.05) is 44.7 Å². The van der Waals surface area contributed by atoms with E-state index in [1.165, 1.54) is 6.42 Å². The van der Waals surface area contributed by atoms with Crippen LogP contribution in [0.1, 0.15) is 36.8 Å². The molecular weight excluding hydrogens is 292 g/mol. The van der Waals surface area contributed by atoms with Gasteiger partial charge in [-0.25, -0.2) is 0 Å². The second kappa shape index (κ2) is 7.25. The summed E-state index contributed by atoms with van der Waals surface area (Å²) in [5, 5.41) is 8.98. The van der Waals surface area contributed by atoms with E-state index >= 15 is 0 Å². The van der Waals surface area contributed by atoms with Gasteiger partial charge >= 0.3 is 0 Å². The van der Waals surface area contributed by atoms with Crippen molar-refractivity contribution in [2.45, 2.75) is 50.4 Å². The van der Waals surface area contributed by atoms with Crippen LogP contribution in [0.3, 0.4) is 0 Å². The minimum atomic E-state index is 0.329. The van der Waals surface area contributed by atoms with Crippen LogP contribution in [0.15, 0.2) is 0 Å². The summed E-state index contributed by atoms with van der Waals surface area (Å²) in [4.78, 5) is 4.80. The molecule has 130 valence electrons. The molecule has 0 bridgehead atoms. The van der Waals surface area contributed by atoms with Crippen LogP contribution >= 0.6 is 0 Å². The Morgan fingerprint density at radius 1 is 1.30 bits per heavy atom. The number of likely N-dealkylation sites (tertiary alicyclic amines) is 1. The van der Waals surface area contributed by atoms with E-state index in [1.807, 2.05) is 0 Å². The maximum Gasteiger partial charge on any atom is 0.147 e. The number of hydrogen-bond acceptors (Lipinski definition) is 6. The molecule has 23 heavy (non-hydrogen) atoms. The van der Waals surface area contributed by atoms with Crippen molar-refractivity contribution in [2.75, 3.05) is 40.9 Å². The van der Waals surface area contributed by atoms with Crippen molar-refractivity contribution in [1.82, 2.24) is 24.6 Å². The number of ether oxygens (including phenoxy) is 1. The lowest BCUT2D eigenvalue weighted by molar-refractivity contribution is 0.181. The molecule has 1 saturated heterocycles. The Kier molecular flexibility index (Phi) is 5.31.